The van der Waals surface area contributed by atoms with Gasteiger partial charge in [0.05, 0.1) is 16.7 Å². The van der Waals surface area contributed by atoms with E-state index in [4.69, 9.17) is 5.10 Å². The lowest BCUT2D eigenvalue weighted by Gasteiger charge is -2.30. The number of hydrogen-bond donors (Lipinski definition) is 0. The first-order valence-corrected chi connectivity index (χ1v) is 9.06. The van der Waals surface area contributed by atoms with E-state index in [-0.39, 0.29) is 0 Å². The molecule has 0 amide bonds. The molecule has 120 valence electrons. The summed E-state index contributed by atoms with van der Waals surface area (Å²) >= 11 is 2.07. The van der Waals surface area contributed by atoms with Crippen LogP contribution >= 0.6 is 11.8 Å². The highest BCUT2D eigenvalue weighted by molar-refractivity contribution is 8.01. The number of aromatic nitrogens is 1. The molecule has 0 N–H and O–H groups in total. The zero-order valence-electron chi connectivity index (χ0n) is 14.1. The van der Waals surface area contributed by atoms with Crippen LogP contribution in [0.1, 0.15) is 39.3 Å². The molecule has 3 unspecified atom stereocenters. The summed E-state index contributed by atoms with van der Waals surface area (Å²) in [6.07, 6.45) is 3.82. The zero-order chi connectivity index (χ0) is 15.9. The van der Waals surface area contributed by atoms with Gasteiger partial charge >= 0.3 is 0 Å². The number of hydrogen-bond acceptors (Lipinski definition) is 5. The van der Waals surface area contributed by atoms with E-state index in [2.05, 4.69) is 67.5 Å². The van der Waals surface area contributed by atoms with E-state index in [0.29, 0.717) is 28.5 Å². The van der Waals surface area contributed by atoms with Crippen molar-refractivity contribution in [2.24, 2.45) is 16.9 Å². The predicted molar refractivity (Wildman–Crippen MR) is 93.7 cm³/mol. The van der Waals surface area contributed by atoms with Gasteiger partial charge in [0.2, 0.25) is 0 Å². The van der Waals surface area contributed by atoms with Gasteiger partial charge in [-0.1, -0.05) is 33.8 Å². The molecule has 22 heavy (non-hydrogen) atoms. The average Bonchev–Trinajstić information content (AvgIpc) is 2.95. The molecule has 0 bridgehead atoms. The summed E-state index contributed by atoms with van der Waals surface area (Å²) in [7, 11) is 2.08. The SMILES string of the molecule is CC(C)CN1C2=NN(C)C(c3cccnc3)C2SC1C(C)C. The van der Waals surface area contributed by atoms with Crippen molar-refractivity contribution < 1.29 is 0 Å². The Bertz CT molecular complexity index is 543. The van der Waals surface area contributed by atoms with E-state index >= 15 is 0 Å². The number of pyridine rings is 1. The maximum Gasteiger partial charge on any atom is 0.141 e. The van der Waals surface area contributed by atoms with Crippen LogP contribution in [-0.4, -0.2) is 44.9 Å². The number of thioether (sulfide) groups is 1. The van der Waals surface area contributed by atoms with E-state index < -0.39 is 0 Å². The second-order valence-electron chi connectivity index (χ2n) is 7.00. The highest BCUT2D eigenvalue weighted by atomic mass is 32.2. The second-order valence-corrected chi connectivity index (χ2v) is 8.26. The number of hydrazone groups is 1. The minimum absolute atomic E-state index is 0.298. The van der Waals surface area contributed by atoms with Crippen molar-refractivity contribution in [1.29, 1.82) is 0 Å². The monoisotopic (exact) mass is 318 g/mol. The first kappa shape index (κ1) is 15.7. The molecule has 0 spiro atoms. The Hall–Kier alpha value is -1.23. The van der Waals surface area contributed by atoms with Crippen LogP contribution in [0.2, 0.25) is 0 Å². The van der Waals surface area contributed by atoms with Gasteiger partial charge in [-0.2, -0.15) is 5.10 Å². The Morgan fingerprint density at radius 3 is 2.64 bits per heavy atom. The van der Waals surface area contributed by atoms with Crippen LogP contribution in [0.4, 0.5) is 0 Å². The highest BCUT2D eigenvalue weighted by Gasteiger charge is 2.49. The Kier molecular flexibility index (Phi) is 4.35. The van der Waals surface area contributed by atoms with Crippen LogP contribution in [0.15, 0.2) is 29.6 Å². The first-order chi connectivity index (χ1) is 10.5. The van der Waals surface area contributed by atoms with Crippen LogP contribution in [0.3, 0.4) is 0 Å². The highest BCUT2D eigenvalue weighted by Crippen LogP contribution is 2.47. The van der Waals surface area contributed by atoms with Crippen molar-refractivity contribution in [3.8, 4) is 0 Å². The smallest absolute Gasteiger partial charge is 0.141 e. The van der Waals surface area contributed by atoms with Gasteiger partial charge in [-0.15, -0.1) is 11.8 Å². The summed E-state index contributed by atoms with van der Waals surface area (Å²) in [6, 6.07) is 4.49. The molecule has 1 aromatic heterocycles. The molecular formula is C17H26N4S. The number of amidine groups is 1. The summed E-state index contributed by atoms with van der Waals surface area (Å²) in [6.45, 7) is 10.3. The minimum atomic E-state index is 0.298. The van der Waals surface area contributed by atoms with Gasteiger partial charge in [0.1, 0.15) is 5.84 Å². The summed E-state index contributed by atoms with van der Waals surface area (Å²) < 4.78 is 0. The zero-order valence-corrected chi connectivity index (χ0v) is 14.9. The van der Waals surface area contributed by atoms with Gasteiger partial charge in [-0.05, 0) is 23.5 Å². The van der Waals surface area contributed by atoms with Crippen molar-refractivity contribution in [3.63, 3.8) is 0 Å². The summed E-state index contributed by atoms with van der Waals surface area (Å²) in [5, 5.41) is 7.97. The third kappa shape index (κ3) is 2.71. The largest absolute Gasteiger partial charge is 0.345 e. The molecule has 0 aliphatic carbocycles. The maximum absolute atomic E-state index is 4.90. The molecule has 3 atom stereocenters. The maximum atomic E-state index is 4.90. The lowest BCUT2D eigenvalue weighted by Crippen LogP contribution is -2.39. The van der Waals surface area contributed by atoms with Gasteiger partial charge in [0.15, 0.2) is 0 Å². The molecule has 0 saturated carbocycles. The van der Waals surface area contributed by atoms with Crippen LogP contribution in [0.25, 0.3) is 0 Å². The number of fused-ring (bicyclic) bond motifs is 1. The van der Waals surface area contributed by atoms with Crippen LogP contribution in [-0.2, 0) is 0 Å². The van der Waals surface area contributed by atoms with Gasteiger partial charge in [0.25, 0.3) is 0 Å². The van der Waals surface area contributed by atoms with Crippen molar-refractivity contribution in [2.45, 2.75) is 44.4 Å². The Balaban J connectivity index is 1.91. The quantitative estimate of drug-likeness (QED) is 0.851. The van der Waals surface area contributed by atoms with Gasteiger partial charge in [-0.25, -0.2) is 0 Å². The van der Waals surface area contributed by atoms with Gasteiger partial charge < -0.3 is 4.90 Å². The third-order valence-electron chi connectivity index (χ3n) is 4.25. The standard InChI is InChI=1S/C17H26N4S/c1-11(2)10-21-16-15(22-17(21)12(3)4)14(20(5)19-16)13-7-6-8-18-9-13/h6-9,11-12,14-15,17H,10H2,1-5H3. The predicted octanol–water partition coefficient (Wildman–Crippen LogP) is 3.44. The second kappa shape index (κ2) is 6.11. The summed E-state index contributed by atoms with van der Waals surface area (Å²) in [5.74, 6) is 2.52. The molecular weight excluding hydrogens is 292 g/mol. The van der Waals surface area contributed by atoms with E-state index in [9.17, 15) is 0 Å². The summed E-state index contributed by atoms with van der Waals surface area (Å²) in [5.41, 5.74) is 1.26. The van der Waals surface area contributed by atoms with Crippen molar-refractivity contribution >= 4 is 17.6 Å². The fourth-order valence-corrected chi connectivity index (χ4v) is 5.12. The number of rotatable bonds is 4. The normalized spacial score (nSPS) is 27.8. The Morgan fingerprint density at radius 1 is 1.27 bits per heavy atom. The molecule has 2 aliphatic rings. The van der Waals surface area contributed by atoms with Crippen molar-refractivity contribution in [2.75, 3.05) is 13.6 Å². The molecule has 0 aromatic carbocycles. The van der Waals surface area contributed by atoms with Crippen LogP contribution in [0, 0.1) is 11.8 Å². The Morgan fingerprint density at radius 2 is 2.05 bits per heavy atom. The van der Waals surface area contributed by atoms with Crippen LogP contribution in [0.5, 0.6) is 0 Å². The molecule has 4 nitrogen and oxygen atoms in total. The molecule has 1 fully saturated rings. The van der Waals surface area contributed by atoms with E-state index in [1.54, 1.807) is 0 Å². The topological polar surface area (TPSA) is 31.7 Å². The van der Waals surface area contributed by atoms with Crippen molar-refractivity contribution in [3.05, 3.63) is 30.1 Å². The third-order valence-corrected chi connectivity index (χ3v) is 6.09. The Labute approximate surface area is 138 Å². The fraction of sp³-hybridized carbons (Fsp3) is 0.647. The first-order valence-electron chi connectivity index (χ1n) is 8.12. The van der Waals surface area contributed by atoms with Gasteiger partial charge in [-0.3, -0.25) is 9.99 Å². The molecule has 1 saturated heterocycles. The molecule has 2 aliphatic heterocycles. The fourth-order valence-electron chi connectivity index (χ4n) is 3.38. The minimum Gasteiger partial charge on any atom is -0.345 e. The van der Waals surface area contributed by atoms with E-state index in [0.717, 1.165) is 6.54 Å². The molecule has 5 heteroatoms. The van der Waals surface area contributed by atoms with E-state index in [1.807, 2.05) is 18.5 Å². The lowest BCUT2D eigenvalue weighted by atomic mass is 10.0. The molecule has 3 heterocycles. The van der Waals surface area contributed by atoms with Gasteiger partial charge in [0, 0.05) is 26.0 Å². The number of nitrogens with zero attached hydrogens (tertiary/aromatic N) is 4. The van der Waals surface area contributed by atoms with Crippen LogP contribution < -0.4 is 0 Å². The average molecular weight is 318 g/mol. The molecule has 1 aromatic rings. The molecule has 3 rings (SSSR count). The molecule has 0 radical (unpaired) electrons. The summed E-state index contributed by atoms with van der Waals surface area (Å²) in [4.78, 5) is 6.84. The van der Waals surface area contributed by atoms with E-state index in [1.165, 1.54) is 11.4 Å². The van der Waals surface area contributed by atoms with Crippen molar-refractivity contribution in [1.82, 2.24) is 14.9 Å². The lowest BCUT2D eigenvalue weighted by molar-refractivity contribution is 0.283.